The second-order valence-corrected chi connectivity index (χ2v) is 6.09. The quantitative estimate of drug-likeness (QED) is 0.794. The molecule has 0 aromatic heterocycles. The van der Waals surface area contributed by atoms with Crippen molar-refractivity contribution in [3.8, 4) is 11.8 Å². The van der Waals surface area contributed by atoms with E-state index in [-0.39, 0.29) is 11.7 Å². The molecule has 0 atom stereocenters. The molecule has 1 heterocycles. The fourth-order valence-corrected chi connectivity index (χ4v) is 2.72. The van der Waals surface area contributed by atoms with Gasteiger partial charge in [0.15, 0.2) is 0 Å². The van der Waals surface area contributed by atoms with Crippen LogP contribution >= 0.6 is 15.9 Å². The standard InChI is InChI=1S/C15H16BrF3N2O/c16-13-2-1-12(15(17,18)19)9-14(13)22-8-7-21-5-3-11(10-20)4-6-21/h1-2,9,11H,3-8H2. The van der Waals surface area contributed by atoms with Crippen LogP contribution in [-0.2, 0) is 6.18 Å². The fourth-order valence-electron chi connectivity index (χ4n) is 2.36. The molecule has 1 aromatic carbocycles. The summed E-state index contributed by atoms with van der Waals surface area (Å²) in [5.41, 5.74) is -0.722. The minimum absolute atomic E-state index is 0.120. The van der Waals surface area contributed by atoms with Gasteiger partial charge >= 0.3 is 6.18 Å². The van der Waals surface area contributed by atoms with Gasteiger partial charge in [-0.1, -0.05) is 0 Å². The van der Waals surface area contributed by atoms with Gasteiger partial charge in [0.05, 0.1) is 16.1 Å². The maximum absolute atomic E-state index is 12.7. The molecule has 0 unspecified atom stereocenters. The second kappa shape index (κ2) is 7.34. The number of piperidine rings is 1. The Morgan fingerprint density at radius 1 is 1.32 bits per heavy atom. The first-order valence-corrected chi connectivity index (χ1v) is 7.81. The summed E-state index contributed by atoms with van der Waals surface area (Å²) < 4.78 is 44.0. The van der Waals surface area contributed by atoms with Crippen LogP contribution in [0.4, 0.5) is 13.2 Å². The van der Waals surface area contributed by atoms with E-state index in [0.29, 0.717) is 17.6 Å². The average Bonchev–Trinajstić information content (AvgIpc) is 2.48. The van der Waals surface area contributed by atoms with E-state index in [4.69, 9.17) is 10.00 Å². The molecule has 0 saturated carbocycles. The lowest BCUT2D eigenvalue weighted by atomic mass is 9.99. The lowest BCUT2D eigenvalue weighted by molar-refractivity contribution is -0.137. The fraction of sp³-hybridized carbons (Fsp3) is 0.533. The molecule has 0 amide bonds. The minimum atomic E-state index is -4.38. The van der Waals surface area contributed by atoms with Gasteiger partial charge in [0, 0.05) is 12.5 Å². The molecule has 3 nitrogen and oxygen atoms in total. The van der Waals surface area contributed by atoms with Crippen LogP contribution in [0.1, 0.15) is 18.4 Å². The first kappa shape index (κ1) is 17.1. The summed E-state index contributed by atoms with van der Waals surface area (Å²) in [6.07, 6.45) is -2.70. The monoisotopic (exact) mass is 376 g/mol. The third kappa shape index (κ3) is 4.62. The number of hydrogen-bond acceptors (Lipinski definition) is 3. The van der Waals surface area contributed by atoms with E-state index >= 15 is 0 Å². The van der Waals surface area contributed by atoms with Crippen molar-refractivity contribution >= 4 is 15.9 Å². The van der Waals surface area contributed by atoms with Gasteiger partial charge in [-0.3, -0.25) is 4.90 Å². The van der Waals surface area contributed by atoms with Crippen LogP contribution in [0.25, 0.3) is 0 Å². The topological polar surface area (TPSA) is 36.3 Å². The van der Waals surface area contributed by atoms with Gasteiger partial charge in [-0.05, 0) is 60.1 Å². The van der Waals surface area contributed by atoms with Crippen LogP contribution in [0, 0.1) is 17.2 Å². The van der Waals surface area contributed by atoms with Crippen LogP contribution in [0.2, 0.25) is 0 Å². The van der Waals surface area contributed by atoms with Crippen molar-refractivity contribution in [2.45, 2.75) is 19.0 Å². The lowest BCUT2D eigenvalue weighted by Gasteiger charge is -2.28. The van der Waals surface area contributed by atoms with Crippen LogP contribution < -0.4 is 4.74 Å². The first-order chi connectivity index (χ1) is 10.4. The highest BCUT2D eigenvalue weighted by Gasteiger charge is 2.31. The molecule has 120 valence electrons. The maximum Gasteiger partial charge on any atom is 0.416 e. The zero-order chi connectivity index (χ0) is 16.2. The molecule has 2 rings (SSSR count). The van der Waals surface area contributed by atoms with Gasteiger partial charge in [0.2, 0.25) is 0 Å². The van der Waals surface area contributed by atoms with Gasteiger partial charge in [-0.25, -0.2) is 0 Å². The molecule has 1 aliphatic heterocycles. The summed E-state index contributed by atoms with van der Waals surface area (Å²) in [4.78, 5) is 2.16. The summed E-state index contributed by atoms with van der Waals surface area (Å²) in [6, 6.07) is 5.63. The van der Waals surface area contributed by atoms with E-state index in [0.717, 1.165) is 38.1 Å². The van der Waals surface area contributed by atoms with Crippen molar-refractivity contribution in [3.05, 3.63) is 28.2 Å². The van der Waals surface area contributed by atoms with Gasteiger partial charge in [0.1, 0.15) is 12.4 Å². The number of nitrogens with zero attached hydrogens (tertiary/aromatic N) is 2. The molecule has 22 heavy (non-hydrogen) atoms. The largest absolute Gasteiger partial charge is 0.491 e. The number of likely N-dealkylation sites (tertiary alicyclic amines) is 1. The molecule has 0 radical (unpaired) electrons. The minimum Gasteiger partial charge on any atom is -0.491 e. The number of alkyl halides is 3. The molecule has 0 bridgehead atoms. The summed E-state index contributed by atoms with van der Waals surface area (Å²) in [7, 11) is 0. The molecule has 0 spiro atoms. The van der Waals surface area contributed by atoms with E-state index in [1.807, 2.05) is 0 Å². The summed E-state index contributed by atoms with van der Waals surface area (Å²) in [5, 5.41) is 8.83. The SMILES string of the molecule is N#CC1CCN(CCOc2cc(C(F)(F)F)ccc2Br)CC1. The zero-order valence-corrected chi connectivity index (χ0v) is 13.5. The molecular formula is C15H16BrF3N2O. The number of hydrogen-bond donors (Lipinski definition) is 0. The van der Waals surface area contributed by atoms with E-state index in [2.05, 4.69) is 26.9 Å². The van der Waals surface area contributed by atoms with Crippen LogP contribution in [0.15, 0.2) is 22.7 Å². The Hall–Kier alpha value is -1.26. The maximum atomic E-state index is 12.7. The highest BCUT2D eigenvalue weighted by molar-refractivity contribution is 9.10. The van der Waals surface area contributed by atoms with Crippen molar-refractivity contribution < 1.29 is 17.9 Å². The number of rotatable bonds is 4. The van der Waals surface area contributed by atoms with Gasteiger partial charge in [0.25, 0.3) is 0 Å². The van der Waals surface area contributed by atoms with Gasteiger partial charge in [-0.15, -0.1) is 0 Å². The third-order valence-corrected chi connectivity index (χ3v) is 4.35. The van der Waals surface area contributed by atoms with Crippen molar-refractivity contribution in [3.63, 3.8) is 0 Å². The van der Waals surface area contributed by atoms with Crippen molar-refractivity contribution in [1.29, 1.82) is 5.26 Å². The Kier molecular flexibility index (Phi) is 5.70. The molecule has 0 N–H and O–H groups in total. The second-order valence-electron chi connectivity index (χ2n) is 5.24. The average molecular weight is 377 g/mol. The molecular weight excluding hydrogens is 361 g/mol. The highest BCUT2D eigenvalue weighted by atomic mass is 79.9. The predicted molar refractivity (Wildman–Crippen MR) is 79.4 cm³/mol. The summed E-state index contributed by atoms with van der Waals surface area (Å²) >= 11 is 3.20. The number of nitriles is 1. The Bertz CT molecular complexity index is 549. The third-order valence-electron chi connectivity index (χ3n) is 3.69. The van der Waals surface area contributed by atoms with Crippen molar-refractivity contribution in [1.82, 2.24) is 4.90 Å². The van der Waals surface area contributed by atoms with Crippen LogP contribution in [0.3, 0.4) is 0 Å². The zero-order valence-electron chi connectivity index (χ0n) is 11.9. The van der Waals surface area contributed by atoms with Crippen molar-refractivity contribution in [2.24, 2.45) is 5.92 Å². The molecule has 1 aromatic rings. The number of benzene rings is 1. The number of ether oxygens (including phenoxy) is 1. The Morgan fingerprint density at radius 2 is 2.00 bits per heavy atom. The van der Waals surface area contributed by atoms with Gasteiger partial charge in [-0.2, -0.15) is 18.4 Å². The molecule has 1 saturated heterocycles. The predicted octanol–water partition coefficient (Wildman–Crippen LogP) is 4.08. The smallest absolute Gasteiger partial charge is 0.416 e. The lowest BCUT2D eigenvalue weighted by Crippen LogP contribution is -2.36. The van der Waals surface area contributed by atoms with Crippen LogP contribution in [-0.4, -0.2) is 31.1 Å². The van der Waals surface area contributed by atoms with Crippen LogP contribution in [0.5, 0.6) is 5.75 Å². The molecule has 1 fully saturated rings. The highest BCUT2D eigenvalue weighted by Crippen LogP contribution is 2.35. The van der Waals surface area contributed by atoms with E-state index in [9.17, 15) is 13.2 Å². The summed E-state index contributed by atoms with van der Waals surface area (Å²) in [5.74, 6) is 0.316. The van der Waals surface area contributed by atoms with E-state index < -0.39 is 11.7 Å². The summed E-state index contributed by atoms with van der Waals surface area (Å²) in [6.45, 7) is 2.61. The van der Waals surface area contributed by atoms with E-state index in [1.165, 1.54) is 6.07 Å². The van der Waals surface area contributed by atoms with Gasteiger partial charge < -0.3 is 4.74 Å². The number of halogens is 4. The Labute approximate surface area is 135 Å². The normalized spacial score (nSPS) is 17.2. The molecule has 1 aliphatic rings. The Morgan fingerprint density at radius 3 is 2.59 bits per heavy atom. The molecule has 7 heteroatoms. The Balaban J connectivity index is 1.86. The van der Waals surface area contributed by atoms with Crippen molar-refractivity contribution in [2.75, 3.05) is 26.2 Å². The molecule has 0 aliphatic carbocycles. The first-order valence-electron chi connectivity index (χ1n) is 7.01. The van der Waals surface area contributed by atoms with E-state index in [1.54, 1.807) is 0 Å².